The van der Waals surface area contributed by atoms with Gasteiger partial charge in [0, 0.05) is 7.11 Å². The Bertz CT molecular complexity index is 1640. The molecule has 6 rings (SSSR count). The molecule has 0 radical (unpaired) electrons. The first-order valence-electron chi connectivity index (χ1n) is 12.5. The molecule has 0 bridgehead atoms. The molecule has 2 aliphatic heterocycles. The highest BCUT2D eigenvalue weighted by atomic mass is 32.5. The number of nitrogens with two attached hydrogens (primary N) is 2. The van der Waals surface area contributed by atoms with Crippen molar-refractivity contribution in [1.82, 2.24) is 39.0 Å². The Morgan fingerprint density at radius 1 is 0.810 bits per heavy atom. The molecule has 9 atom stereocenters. The maximum Gasteiger partial charge on any atom is 0.324 e. The molecule has 21 heteroatoms. The fourth-order valence-electron chi connectivity index (χ4n) is 4.92. The number of hydrogen-bond acceptors (Lipinski definition) is 17. The van der Waals surface area contributed by atoms with E-state index >= 15 is 0 Å². The molecule has 0 aromatic carbocycles. The molecule has 4 aromatic rings. The molecular formula is C21H27N10O9PS. The van der Waals surface area contributed by atoms with Gasteiger partial charge in [-0.1, -0.05) is 0 Å². The molecule has 19 nitrogen and oxygen atoms in total. The highest BCUT2D eigenvalue weighted by Crippen LogP contribution is 2.46. The van der Waals surface area contributed by atoms with Crippen molar-refractivity contribution in [3.63, 3.8) is 0 Å². The minimum atomic E-state index is -3.93. The number of methoxy groups -OCH3 is 1. The van der Waals surface area contributed by atoms with Crippen molar-refractivity contribution in [1.29, 1.82) is 0 Å². The van der Waals surface area contributed by atoms with Crippen LogP contribution in [0.25, 0.3) is 22.3 Å². The second-order valence-corrected chi connectivity index (χ2v) is 12.4. The zero-order chi connectivity index (χ0) is 29.8. The van der Waals surface area contributed by atoms with Crippen LogP contribution in [0.2, 0.25) is 0 Å². The Labute approximate surface area is 241 Å². The minimum absolute atomic E-state index is 0.140. The van der Waals surface area contributed by atoms with E-state index < -0.39 is 62.4 Å². The number of anilines is 2. The summed E-state index contributed by atoms with van der Waals surface area (Å²) < 4.78 is 31.0. The van der Waals surface area contributed by atoms with E-state index in [0.29, 0.717) is 22.3 Å². The van der Waals surface area contributed by atoms with Gasteiger partial charge in [0.25, 0.3) is 0 Å². The second kappa shape index (κ2) is 11.2. The lowest BCUT2D eigenvalue weighted by molar-refractivity contribution is -0.0607. The summed E-state index contributed by atoms with van der Waals surface area (Å²) in [6.45, 7) is -4.72. The van der Waals surface area contributed by atoms with Crippen LogP contribution >= 0.6 is 6.72 Å². The van der Waals surface area contributed by atoms with Crippen LogP contribution in [0.3, 0.4) is 0 Å². The van der Waals surface area contributed by atoms with Crippen LogP contribution in [0.1, 0.15) is 12.5 Å². The molecule has 6 heterocycles. The molecule has 0 amide bonds. The Kier molecular flexibility index (Phi) is 7.79. The summed E-state index contributed by atoms with van der Waals surface area (Å²) in [5.41, 5.74) is 13.0. The van der Waals surface area contributed by atoms with Gasteiger partial charge in [-0.15, -0.1) is 0 Å². The van der Waals surface area contributed by atoms with Gasteiger partial charge in [0.1, 0.15) is 60.3 Å². The normalized spacial score (nSPS) is 31.3. The van der Waals surface area contributed by atoms with Crippen LogP contribution in [0.15, 0.2) is 25.3 Å². The van der Waals surface area contributed by atoms with Gasteiger partial charge < -0.3 is 54.9 Å². The van der Waals surface area contributed by atoms with Gasteiger partial charge in [-0.25, -0.2) is 29.9 Å². The smallest absolute Gasteiger partial charge is 0.324 e. The summed E-state index contributed by atoms with van der Waals surface area (Å²) in [6.07, 6.45) is -3.60. The van der Waals surface area contributed by atoms with E-state index in [4.69, 9.17) is 46.5 Å². The lowest BCUT2D eigenvalue weighted by atomic mass is 10.1. The van der Waals surface area contributed by atoms with Crippen LogP contribution < -0.4 is 11.5 Å². The average molecular weight is 627 g/mol. The van der Waals surface area contributed by atoms with Gasteiger partial charge in [0.15, 0.2) is 35.4 Å². The summed E-state index contributed by atoms with van der Waals surface area (Å²) in [4.78, 5) is 35.1. The highest BCUT2D eigenvalue weighted by Gasteiger charge is 2.47. The molecule has 1 unspecified atom stereocenters. The SMILES string of the molecule is CO[C@@H]1[C@H](O)[C@@H](COP(O)(=S)OC[C@H]2O[C@@H](n3cnc4c(N)ncnc43)[C@H](O)[C@@H]2O)O[C@H]1n1cnc2c(N)ncnc21. The van der Waals surface area contributed by atoms with E-state index in [0.717, 1.165) is 0 Å². The van der Waals surface area contributed by atoms with Crippen molar-refractivity contribution in [3.8, 4) is 0 Å². The number of imidazole rings is 2. The fraction of sp³-hybridized carbons (Fsp3) is 0.524. The number of nitrogen functional groups attached to an aromatic ring is 2. The molecular weight excluding hydrogens is 599 g/mol. The average Bonchev–Trinajstić information content (AvgIpc) is 3.72. The molecule has 2 saturated heterocycles. The minimum Gasteiger partial charge on any atom is -0.387 e. The van der Waals surface area contributed by atoms with Gasteiger partial charge in [-0.2, -0.15) is 0 Å². The lowest BCUT2D eigenvalue weighted by Crippen LogP contribution is -2.35. The third-order valence-corrected chi connectivity index (χ3v) is 8.63. The standard InChI is InChI=1S/C21H27N10O9PS/c1-36-15-13(33)9(40-21(15)31-7-29-11-17(23)25-5-27-19(11)31)3-38-41(35,42)37-2-8-12(32)14(34)20(39-8)30-6-28-10-16(22)24-4-26-18(10)30/h4-9,12-15,20-21,32-34H,2-3H2,1H3,(H,35,42)(H2,22,24,26)(H2,23,25,27)/t8-,9-,12-,13-,14-,15-,20-,21-,41?/m1/s1. The number of aliphatic hydroxyl groups is 3. The van der Waals surface area contributed by atoms with Crippen LogP contribution in [0.5, 0.6) is 0 Å². The van der Waals surface area contributed by atoms with E-state index in [2.05, 4.69) is 29.9 Å². The quantitative estimate of drug-likeness (QED) is 0.109. The van der Waals surface area contributed by atoms with E-state index in [1.54, 1.807) is 4.57 Å². The molecule has 226 valence electrons. The predicted molar refractivity (Wildman–Crippen MR) is 145 cm³/mol. The topological polar surface area (TPSA) is 266 Å². The third kappa shape index (κ3) is 5.09. The molecule has 42 heavy (non-hydrogen) atoms. The van der Waals surface area contributed by atoms with Gasteiger partial charge in [0.2, 0.25) is 0 Å². The molecule has 2 aliphatic rings. The summed E-state index contributed by atoms with van der Waals surface area (Å²) in [5.74, 6) is 0.317. The monoisotopic (exact) mass is 626 g/mol. The molecule has 2 fully saturated rings. The largest absolute Gasteiger partial charge is 0.387 e. The fourth-order valence-corrected chi connectivity index (χ4v) is 6.03. The van der Waals surface area contributed by atoms with E-state index in [-0.39, 0.29) is 18.2 Å². The summed E-state index contributed by atoms with van der Waals surface area (Å²) in [6, 6.07) is 0. The maximum absolute atomic E-state index is 10.8. The van der Waals surface area contributed by atoms with Crippen molar-refractivity contribution in [3.05, 3.63) is 25.3 Å². The number of fused-ring (bicyclic) bond motifs is 2. The molecule has 8 N–H and O–H groups in total. The first-order valence-corrected chi connectivity index (χ1v) is 15.0. The number of nitrogens with zero attached hydrogens (tertiary/aromatic N) is 8. The van der Waals surface area contributed by atoms with Crippen LogP contribution in [-0.2, 0) is 35.1 Å². The zero-order valence-corrected chi connectivity index (χ0v) is 23.5. The Balaban J connectivity index is 1.08. The summed E-state index contributed by atoms with van der Waals surface area (Å²) in [5, 5.41) is 32.0. The first-order chi connectivity index (χ1) is 20.1. The van der Waals surface area contributed by atoms with Crippen LogP contribution in [0.4, 0.5) is 11.6 Å². The zero-order valence-electron chi connectivity index (χ0n) is 21.8. The van der Waals surface area contributed by atoms with Crippen molar-refractivity contribution in [2.24, 2.45) is 0 Å². The lowest BCUT2D eigenvalue weighted by Gasteiger charge is -2.22. The van der Waals surface area contributed by atoms with Crippen molar-refractivity contribution < 1.29 is 43.5 Å². The van der Waals surface area contributed by atoms with E-state index in [9.17, 15) is 20.2 Å². The van der Waals surface area contributed by atoms with Crippen LogP contribution in [0, 0.1) is 0 Å². The Hall–Kier alpha value is -3.01. The van der Waals surface area contributed by atoms with Crippen LogP contribution in [-0.4, -0.2) is 116 Å². The molecule has 4 aromatic heterocycles. The molecule has 0 saturated carbocycles. The first kappa shape index (κ1) is 29.1. The summed E-state index contributed by atoms with van der Waals surface area (Å²) in [7, 11) is 1.40. The number of aliphatic hydroxyl groups excluding tert-OH is 3. The number of aromatic nitrogens is 8. The predicted octanol–water partition coefficient (Wildman–Crippen LogP) is -2.03. The second-order valence-electron chi connectivity index (χ2n) is 9.53. The van der Waals surface area contributed by atoms with Crippen molar-refractivity contribution in [2.75, 3.05) is 31.8 Å². The molecule has 0 spiro atoms. The highest BCUT2D eigenvalue weighted by molar-refractivity contribution is 8.07. The third-order valence-electron chi connectivity index (χ3n) is 7.05. The molecule has 0 aliphatic carbocycles. The Morgan fingerprint density at radius 2 is 1.31 bits per heavy atom. The van der Waals surface area contributed by atoms with Crippen molar-refractivity contribution in [2.45, 2.75) is 49.1 Å². The van der Waals surface area contributed by atoms with Gasteiger partial charge >= 0.3 is 6.72 Å². The maximum atomic E-state index is 10.8. The number of ether oxygens (including phenoxy) is 3. The Morgan fingerprint density at radius 3 is 1.86 bits per heavy atom. The summed E-state index contributed by atoms with van der Waals surface area (Å²) >= 11 is 5.11. The number of rotatable bonds is 9. The van der Waals surface area contributed by atoms with E-state index in [1.807, 2.05) is 0 Å². The van der Waals surface area contributed by atoms with E-state index in [1.165, 1.54) is 37.0 Å². The van der Waals surface area contributed by atoms with Crippen molar-refractivity contribution >= 4 is 52.5 Å². The van der Waals surface area contributed by atoms with Gasteiger partial charge in [0.05, 0.1) is 25.9 Å². The van der Waals surface area contributed by atoms with Gasteiger partial charge in [-0.3, -0.25) is 9.13 Å². The number of hydrogen-bond donors (Lipinski definition) is 6. The van der Waals surface area contributed by atoms with Gasteiger partial charge in [-0.05, 0) is 11.8 Å².